The first kappa shape index (κ1) is 17.1. The maximum Gasteiger partial charge on any atom is 0.297 e. The fourth-order valence-electron chi connectivity index (χ4n) is 3.05. The molecule has 3 rings (SSSR count). The van der Waals surface area contributed by atoms with Crippen LogP contribution in [0.1, 0.15) is 24.0 Å². The average molecular weight is 345 g/mol. The van der Waals surface area contributed by atoms with E-state index in [0.717, 1.165) is 31.5 Å². The van der Waals surface area contributed by atoms with Crippen LogP contribution < -0.4 is 0 Å². The Morgan fingerprint density at radius 1 is 1.08 bits per heavy atom. The summed E-state index contributed by atoms with van der Waals surface area (Å²) in [5, 5.41) is 0. The van der Waals surface area contributed by atoms with Crippen molar-refractivity contribution in [3.05, 3.63) is 65.7 Å². The van der Waals surface area contributed by atoms with Crippen molar-refractivity contribution in [3.8, 4) is 0 Å². The van der Waals surface area contributed by atoms with Crippen LogP contribution in [-0.2, 0) is 20.8 Å². The van der Waals surface area contributed by atoms with Crippen molar-refractivity contribution in [1.29, 1.82) is 0 Å². The molecule has 128 valence electrons. The summed E-state index contributed by atoms with van der Waals surface area (Å²) >= 11 is 0. The molecular formula is C19H23NO3S. The van der Waals surface area contributed by atoms with E-state index in [9.17, 15) is 8.42 Å². The van der Waals surface area contributed by atoms with Gasteiger partial charge in [-0.25, -0.2) is 0 Å². The van der Waals surface area contributed by atoms with E-state index < -0.39 is 10.1 Å². The summed E-state index contributed by atoms with van der Waals surface area (Å²) in [6.45, 7) is 3.95. The minimum atomic E-state index is -3.69. The van der Waals surface area contributed by atoms with Gasteiger partial charge in [0.1, 0.15) is 0 Å². The van der Waals surface area contributed by atoms with Crippen LogP contribution in [0.4, 0.5) is 0 Å². The Morgan fingerprint density at radius 2 is 1.79 bits per heavy atom. The Hall–Kier alpha value is -1.69. The second-order valence-electron chi connectivity index (χ2n) is 6.30. The third kappa shape index (κ3) is 4.23. The zero-order chi connectivity index (χ0) is 17.0. The van der Waals surface area contributed by atoms with Crippen molar-refractivity contribution >= 4 is 10.1 Å². The lowest BCUT2D eigenvalue weighted by molar-refractivity contribution is 0.171. The first-order valence-corrected chi connectivity index (χ1v) is 9.69. The normalized spacial score (nSPS) is 18.8. The number of hydrogen-bond acceptors (Lipinski definition) is 4. The monoisotopic (exact) mass is 345 g/mol. The number of nitrogens with zero attached hydrogens (tertiary/aromatic N) is 1. The summed E-state index contributed by atoms with van der Waals surface area (Å²) < 4.78 is 30.0. The topological polar surface area (TPSA) is 46.6 Å². The second-order valence-corrected chi connectivity index (χ2v) is 7.92. The summed E-state index contributed by atoms with van der Waals surface area (Å²) in [5.74, 6) is 0. The Morgan fingerprint density at radius 3 is 2.50 bits per heavy atom. The van der Waals surface area contributed by atoms with Crippen LogP contribution in [0, 0.1) is 6.92 Å². The molecule has 0 aromatic heterocycles. The summed E-state index contributed by atoms with van der Waals surface area (Å²) in [6, 6.07) is 17.2. The third-order valence-electron chi connectivity index (χ3n) is 4.45. The van der Waals surface area contributed by atoms with Gasteiger partial charge in [0, 0.05) is 12.6 Å². The molecule has 4 nitrogen and oxygen atoms in total. The zero-order valence-electron chi connectivity index (χ0n) is 13.9. The molecule has 1 aliphatic heterocycles. The van der Waals surface area contributed by atoms with Crippen LogP contribution in [0.25, 0.3) is 0 Å². The van der Waals surface area contributed by atoms with Gasteiger partial charge in [0.05, 0.1) is 11.5 Å². The maximum absolute atomic E-state index is 12.3. The molecule has 0 amide bonds. The number of hydrogen-bond donors (Lipinski definition) is 0. The molecule has 0 radical (unpaired) electrons. The molecule has 0 bridgehead atoms. The lowest BCUT2D eigenvalue weighted by Crippen LogP contribution is -2.33. The van der Waals surface area contributed by atoms with E-state index in [4.69, 9.17) is 4.18 Å². The predicted molar refractivity (Wildman–Crippen MR) is 94.2 cm³/mol. The van der Waals surface area contributed by atoms with Crippen LogP contribution in [-0.4, -0.2) is 32.5 Å². The first-order valence-electron chi connectivity index (χ1n) is 8.29. The predicted octanol–water partition coefficient (Wildman–Crippen LogP) is 3.36. The molecule has 24 heavy (non-hydrogen) atoms. The maximum atomic E-state index is 12.3. The largest absolute Gasteiger partial charge is 0.297 e. The summed E-state index contributed by atoms with van der Waals surface area (Å²) in [4.78, 5) is 2.53. The Balaban J connectivity index is 1.61. The van der Waals surface area contributed by atoms with Gasteiger partial charge in [0.2, 0.25) is 0 Å². The van der Waals surface area contributed by atoms with Gasteiger partial charge in [-0.2, -0.15) is 8.42 Å². The molecule has 1 atom stereocenters. The summed E-state index contributed by atoms with van der Waals surface area (Å²) in [5.41, 5.74) is 2.27. The molecule has 0 unspecified atom stereocenters. The van der Waals surface area contributed by atoms with Gasteiger partial charge >= 0.3 is 0 Å². The molecule has 0 N–H and O–H groups in total. The quantitative estimate of drug-likeness (QED) is 0.753. The lowest BCUT2D eigenvalue weighted by atomic mass is 10.2. The highest BCUT2D eigenvalue weighted by atomic mass is 32.2. The van der Waals surface area contributed by atoms with Crippen LogP contribution in [0.3, 0.4) is 0 Å². The minimum absolute atomic E-state index is 0.144. The zero-order valence-corrected chi connectivity index (χ0v) is 14.7. The van der Waals surface area contributed by atoms with Gasteiger partial charge in [-0.15, -0.1) is 0 Å². The van der Waals surface area contributed by atoms with E-state index >= 15 is 0 Å². The van der Waals surface area contributed by atoms with Crippen molar-refractivity contribution < 1.29 is 12.6 Å². The van der Waals surface area contributed by atoms with Crippen LogP contribution in [0.15, 0.2) is 59.5 Å². The van der Waals surface area contributed by atoms with Gasteiger partial charge in [0.15, 0.2) is 0 Å². The Bertz CT molecular complexity index is 757. The van der Waals surface area contributed by atoms with E-state index in [1.165, 1.54) is 5.56 Å². The molecule has 1 fully saturated rings. The minimum Gasteiger partial charge on any atom is -0.294 e. The van der Waals surface area contributed by atoms with Crippen molar-refractivity contribution in [2.24, 2.45) is 0 Å². The second kappa shape index (κ2) is 7.47. The van der Waals surface area contributed by atoms with Crippen LogP contribution >= 0.6 is 0 Å². The number of benzene rings is 2. The molecule has 0 saturated carbocycles. The van der Waals surface area contributed by atoms with Crippen LogP contribution in [0.5, 0.6) is 0 Å². The van der Waals surface area contributed by atoms with Crippen molar-refractivity contribution in [1.82, 2.24) is 4.90 Å². The fourth-order valence-corrected chi connectivity index (χ4v) is 3.99. The summed E-state index contributed by atoms with van der Waals surface area (Å²) in [6.07, 6.45) is 2.04. The molecule has 2 aromatic rings. The fraction of sp³-hybridized carbons (Fsp3) is 0.368. The van der Waals surface area contributed by atoms with E-state index in [1.54, 1.807) is 24.3 Å². The van der Waals surface area contributed by atoms with E-state index in [2.05, 4.69) is 17.0 Å². The third-order valence-corrected chi connectivity index (χ3v) is 5.75. The van der Waals surface area contributed by atoms with E-state index in [1.807, 2.05) is 25.1 Å². The van der Waals surface area contributed by atoms with E-state index in [-0.39, 0.29) is 17.5 Å². The van der Waals surface area contributed by atoms with Gasteiger partial charge in [-0.05, 0) is 44.0 Å². The first-order chi connectivity index (χ1) is 11.5. The Labute approximate surface area is 144 Å². The number of rotatable bonds is 6. The molecule has 0 spiro atoms. The summed E-state index contributed by atoms with van der Waals surface area (Å²) in [7, 11) is -3.69. The Kier molecular flexibility index (Phi) is 5.33. The van der Waals surface area contributed by atoms with Gasteiger partial charge < -0.3 is 0 Å². The van der Waals surface area contributed by atoms with Crippen molar-refractivity contribution in [2.75, 3.05) is 13.2 Å². The van der Waals surface area contributed by atoms with Crippen LogP contribution in [0.2, 0.25) is 0 Å². The highest BCUT2D eigenvalue weighted by Gasteiger charge is 2.27. The highest BCUT2D eigenvalue weighted by molar-refractivity contribution is 7.86. The smallest absolute Gasteiger partial charge is 0.294 e. The van der Waals surface area contributed by atoms with Crippen molar-refractivity contribution in [3.63, 3.8) is 0 Å². The number of aryl methyl sites for hydroxylation is 1. The molecule has 0 aliphatic carbocycles. The molecular weight excluding hydrogens is 322 g/mol. The average Bonchev–Trinajstić information content (AvgIpc) is 3.02. The van der Waals surface area contributed by atoms with Gasteiger partial charge in [-0.3, -0.25) is 9.08 Å². The van der Waals surface area contributed by atoms with Gasteiger partial charge in [0.25, 0.3) is 10.1 Å². The molecule has 5 heteroatoms. The van der Waals surface area contributed by atoms with E-state index in [0.29, 0.717) is 0 Å². The molecule has 1 saturated heterocycles. The van der Waals surface area contributed by atoms with Gasteiger partial charge in [-0.1, -0.05) is 48.0 Å². The molecule has 1 aliphatic rings. The van der Waals surface area contributed by atoms with Crippen molar-refractivity contribution in [2.45, 2.75) is 37.2 Å². The lowest BCUT2D eigenvalue weighted by Gasteiger charge is -2.24. The SMILES string of the molecule is Cc1ccc(S(=O)(=O)OC[C@@H]2CCCN2Cc2ccccc2)cc1. The standard InChI is InChI=1S/C19H23NO3S/c1-16-9-11-19(12-10-16)24(21,22)23-15-18-8-5-13-20(18)14-17-6-3-2-4-7-17/h2-4,6-7,9-12,18H,5,8,13-15H2,1H3/t18-/m0/s1. The number of likely N-dealkylation sites (tertiary alicyclic amines) is 1. The molecule has 1 heterocycles. The molecule has 2 aromatic carbocycles. The highest BCUT2D eigenvalue weighted by Crippen LogP contribution is 2.22.